The molecular weight excluding hydrogens is 320 g/mol. The van der Waals surface area contributed by atoms with E-state index in [9.17, 15) is 9.59 Å². The van der Waals surface area contributed by atoms with Gasteiger partial charge in [-0.3, -0.25) is 9.59 Å². The van der Waals surface area contributed by atoms with Gasteiger partial charge in [0.1, 0.15) is 5.82 Å². The summed E-state index contributed by atoms with van der Waals surface area (Å²) in [5, 5.41) is 2.92. The van der Waals surface area contributed by atoms with E-state index in [1.165, 1.54) is 0 Å². The van der Waals surface area contributed by atoms with Gasteiger partial charge in [0, 0.05) is 24.3 Å². The second-order valence-electron chi connectivity index (χ2n) is 6.06. The van der Waals surface area contributed by atoms with Gasteiger partial charge in [-0.05, 0) is 26.0 Å². The minimum absolute atomic E-state index is 0.00804. The summed E-state index contributed by atoms with van der Waals surface area (Å²) in [6.07, 6.45) is -0.00804. The quantitative estimate of drug-likeness (QED) is 0.877. The van der Waals surface area contributed by atoms with Crippen LogP contribution in [0.3, 0.4) is 0 Å². The summed E-state index contributed by atoms with van der Waals surface area (Å²) in [6.45, 7) is 6.38. The second kappa shape index (κ2) is 7.48. The van der Waals surface area contributed by atoms with Crippen LogP contribution >= 0.6 is 0 Å². The van der Waals surface area contributed by atoms with Crippen molar-refractivity contribution in [3.8, 4) is 0 Å². The first-order valence-electron chi connectivity index (χ1n) is 8.32. The molecule has 0 atom stereocenters. The number of ether oxygens (including phenoxy) is 1. The lowest BCUT2D eigenvalue weighted by molar-refractivity contribution is -0.115. The van der Waals surface area contributed by atoms with Gasteiger partial charge in [-0.1, -0.05) is 12.1 Å². The predicted molar refractivity (Wildman–Crippen MR) is 96.1 cm³/mol. The molecule has 0 unspecified atom stereocenters. The van der Waals surface area contributed by atoms with Crippen molar-refractivity contribution in [3.63, 3.8) is 0 Å². The number of carbonyl (C=O) groups is 1. The first-order valence-corrected chi connectivity index (χ1v) is 8.32. The molecule has 3 rings (SSSR count). The van der Waals surface area contributed by atoms with Gasteiger partial charge in [0.05, 0.1) is 31.0 Å². The van der Waals surface area contributed by atoms with Gasteiger partial charge in [0.15, 0.2) is 0 Å². The lowest BCUT2D eigenvalue weighted by Crippen LogP contribution is -2.36. The Morgan fingerprint density at radius 3 is 2.72 bits per heavy atom. The molecule has 7 nitrogen and oxygen atoms in total. The van der Waals surface area contributed by atoms with Gasteiger partial charge < -0.3 is 19.9 Å². The van der Waals surface area contributed by atoms with Gasteiger partial charge in [-0.15, -0.1) is 0 Å². The van der Waals surface area contributed by atoms with Crippen LogP contribution in [0.5, 0.6) is 0 Å². The molecular formula is C18H22N4O3. The summed E-state index contributed by atoms with van der Waals surface area (Å²) < 4.78 is 5.38. The number of amides is 1. The summed E-state index contributed by atoms with van der Waals surface area (Å²) in [7, 11) is 0. The normalized spacial score (nSPS) is 14.4. The minimum atomic E-state index is -0.262. The Bertz CT molecular complexity index is 825. The van der Waals surface area contributed by atoms with Gasteiger partial charge in [0.2, 0.25) is 5.91 Å². The summed E-state index contributed by atoms with van der Waals surface area (Å²) in [5.74, 6) is 0.310. The molecule has 1 aromatic carbocycles. The van der Waals surface area contributed by atoms with Crippen LogP contribution in [0, 0.1) is 13.8 Å². The van der Waals surface area contributed by atoms with E-state index < -0.39 is 0 Å². The topological polar surface area (TPSA) is 87.3 Å². The maximum atomic E-state index is 12.5. The Labute approximate surface area is 146 Å². The summed E-state index contributed by atoms with van der Waals surface area (Å²) in [4.78, 5) is 33.6. The molecule has 7 heteroatoms. The van der Waals surface area contributed by atoms with E-state index >= 15 is 0 Å². The fourth-order valence-corrected chi connectivity index (χ4v) is 2.97. The number of morpholine rings is 1. The number of anilines is 2. The lowest BCUT2D eigenvalue weighted by atomic mass is 10.1. The molecule has 25 heavy (non-hydrogen) atoms. The summed E-state index contributed by atoms with van der Waals surface area (Å²) >= 11 is 0. The number of nitrogens with zero attached hydrogens (tertiary/aromatic N) is 2. The molecule has 2 N–H and O–H groups in total. The van der Waals surface area contributed by atoms with Crippen LogP contribution in [0.4, 0.5) is 11.4 Å². The number of para-hydroxylation sites is 2. The zero-order valence-corrected chi connectivity index (χ0v) is 14.5. The van der Waals surface area contributed by atoms with E-state index in [1.807, 2.05) is 24.3 Å². The number of aromatic amines is 1. The van der Waals surface area contributed by atoms with Crippen molar-refractivity contribution in [1.29, 1.82) is 0 Å². The van der Waals surface area contributed by atoms with E-state index in [-0.39, 0.29) is 17.9 Å². The van der Waals surface area contributed by atoms with E-state index in [0.29, 0.717) is 30.3 Å². The highest BCUT2D eigenvalue weighted by Crippen LogP contribution is 2.26. The van der Waals surface area contributed by atoms with Crippen molar-refractivity contribution in [1.82, 2.24) is 9.97 Å². The maximum Gasteiger partial charge on any atom is 0.254 e. The fourth-order valence-electron chi connectivity index (χ4n) is 2.97. The lowest BCUT2D eigenvalue weighted by Gasteiger charge is -2.30. The Balaban J connectivity index is 1.77. The summed E-state index contributed by atoms with van der Waals surface area (Å²) in [6, 6.07) is 7.67. The third kappa shape index (κ3) is 4.06. The molecule has 1 amide bonds. The standard InChI is InChI=1S/C18H22N4O3/c1-12-14(18(24)20-13(2)19-12)11-17(23)21-15-5-3-4-6-16(15)22-7-9-25-10-8-22/h3-6H,7-11H2,1-2H3,(H,21,23)(H,19,20,24). The minimum Gasteiger partial charge on any atom is -0.378 e. The zero-order valence-electron chi connectivity index (χ0n) is 14.5. The molecule has 0 bridgehead atoms. The zero-order chi connectivity index (χ0) is 17.8. The number of aromatic nitrogens is 2. The molecule has 1 fully saturated rings. The van der Waals surface area contributed by atoms with Crippen LogP contribution in [0.25, 0.3) is 0 Å². The van der Waals surface area contributed by atoms with Crippen LogP contribution in [0.15, 0.2) is 29.1 Å². The molecule has 0 spiro atoms. The van der Waals surface area contributed by atoms with Gasteiger partial charge in [-0.25, -0.2) is 4.98 Å². The number of carbonyl (C=O) groups excluding carboxylic acids is 1. The highest BCUT2D eigenvalue weighted by Gasteiger charge is 2.17. The third-order valence-electron chi connectivity index (χ3n) is 4.21. The maximum absolute atomic E-state index is 12.5. The van der Waals surface area contributed by atoms with Crippen LogP contribution in [-0.2, 0) is 16.0 Å². The smallest absolute Gasteiger partial charge is 0.254 e. The highest BCUT2D eigenvalue weighted by molar-refractivity contribution is 5.95. The van der Waals surface area contributed by atoms with Crippen molar-refractivity contribution in [2.75, 3.05) is 36.5 Å². The van der Waals surface area contributed by atoms with Crippen molar-refractivity contribution >= 4 is 17.3 Å². The van der Waals surface area contributed by atoms with E-state index in [1.54, 1.807) is 13.8 Å². The van der Waals surface area contributed by atoms with Gasteiger partial charge in [-0.2, -0.15) is 0 Å². The van der Waals surface area contributed by atoms with Crippen molar-refractivity contribution in [3.05, 3.63) is 51.7 Å². The molecule has 0 aliphatic carbocycles. The molecule has 0 saturated carbocycles. The molecule has 0 radical (unpaired) electrons. The molecule has 2 heterocycles. The molecule has 1 aliphatic heterocycles. The average Bonchev–Trinajstić information content (AvgIpc) is 2.59. The van der Waals surface area contributed by atoms with Crippen LogP contribution < -0.4 is 15.8 Å². The van der Waals surface area contributed by atoms with Crippen LogP contribution in [0.2, 0.25) is 0 Å². The molecule has 1 aromatic heterocycles. The number of aryl methyl sites for hydroxylation is 2. The van der Waals surface area contributed by atoms with E-state index in [0.717, 1.165) is 24.5 Å². The third-order valence-corrected chi connectivity index (χ3v) is 4.21. The fraction of sp³-hybridized carbons (Fsp3) is 0.389. The van der Waals surface area contributed by atoms with Crippen LogP contribution in [0.1, 0.15) is 17.1 Å². The highest BCUT2D eigenvalue weighted by atomic mass is 16.5. The number of benzene rings is 1. The first-order chi connectivity index (χ1) is 12.0. The van der Waals surface area contributed by atoms with Gasteiger partial charge in [0.25, 0.3) is 5.56 Å². The molecule has 1 saturated heterocycles. The van der Waals surface area contributed by atoms with Gasteiger partial charge >= 0.3 is 0 Å². The van der Waals surface area contributed by atoms with E-state index in [2.05, 4.69) is 20.2 Å². The Morgan fingerprint density at radius 2 is 2.00 bits per heavy atom. The number of rotatable bonds is 4. The molecule has 132 valence electrons. The number of hydrogen-bond donors (Lipinski definition) is 2. The van der Waals surface area contributed by atoms with E-state index in [4.69, 9.17) is 4.74 Å². The molecule has 2 aromatic rings. The Morgan fingerprint density at radius 1 is 1.28 bits per heavy atom. The number of nitrogens with one attached hydrogen (secondary N) is 2. The number of hydrogen-bond acceptors (Lipinski definition) is 5. The van der Waals surface area contributed by atoms with Crippen molar-refractivity contribution in [2.45, 2.75) is 20.3 Å². The summed E-state index contributed by atoms with van der Waals surface area (Å²) in [5.41, 5.74) is 2.42. The predicted octanol–water partition coefficient (Wildman–Crippen LogP) is 1.40. The molecule has 1 aliphatic rings. The Kier molecular flexibility index (Phi) is 5.14. The average molecular weight is 342 g/mol. The first kappa shape index (κ1) is 17.2. The van der Waals surface area contributed by atoms with Crippen LogP contribution in [-0.4, -0.2) is 42.2 Å². The monoisotopic (exact) mass is 342 g/mol. The number of H-pyrrole nitrogens is 1. The van der Waals surface area contributed by atoms with Crippen molar-refractivity contribution in [2.24, 2.45) is 0 Å². The SMILES string of the molecule is Cc1nc(C)c(CC(=O)Nc2ccccc2N2CCOCC2)c(=O)[nH]1. The second-order valence-corrected chi connectivity index (χ2v) is 6.06. The largest absolute Gasteiger partial charge is 0.378 e. The van der Waals surface area contributed by atoms with Crippen molar-refractivity contribution < 1.29 is 9.53 Å². The Hall–Kier alpha value is -2.67.